The summed E-state index contributed by atoms with van der Waals surface area (Å²) in [5, 5.41) is 0. The van der Waals surface area contributed by atoms with Crippen molar-refractivity contribution in [1.29, 1.82) is 0 Å². The zero-order valence-corrected chi connectivity index (χ0v) is 6.60. The third-order valence-electron chi connectivity index (χ3n) is 0.252. The fourth-order valence-electron chi connectivity index (χ4n) is 0. The fraction of sp³-hybridized carbons (Fsp3) is 0. The Balaban J connectivity index is 4.10. The van der Waals surface area contributed by atoms with Gasteiger partial charge in [-0.05, 0) is 0 Å². The van der Waals surface area contributed by atoms with Gasteiger partial charge in [0.1, 0.15) is 0 Å². The molecule has 0 aromatic rings. The summed E-state index contributed by atoms with van der Waals surface area (Å²) >= 11 is -8.13. The zero-order valence-electron chi connectivity index (χ0n) is 3.20. The predicted molar refractivity (Wildman–Crippen MR) is 14.6 cm³/mol. The Morgan fingerprint density at radius 1 is 1.14 bits per heavy atom. The third kappa shape index (κ3) is 6.45. The second kappa shape index (κ2) is 1.46. The number of rotatable bonds is 1. The molecule has 0 rings (SSSR count). The molecular formula is C2H3F4Pu. The van der Waals surface area contributed by atoms with Crippen molar-refractivity contribution in [2.45, 2.75) is 0 Å². The molecule has 0 fully saturated rings. The fourth-order valence-corrected chi connectivity index (χ4v) is 0. The monoisotopic (exact) mass is 341 g/mol. The van der Waals surface area contributed by atoms with Crippen LogP contribution in [0, 0.1) is 23.7 Å². The molecule has 0 aliphatic rings. The minimum atomic E-state index is -8.13. The second-order valence-electron chi connectivity index (χ2n) is 0.873. The van der Waals surface area contributed by atoms with Gasteiger partial charge in [-0.1, -0.05) is 0 Å². The van der Waals surface area contributed by atoms with Crippen molar-refractivity contribution in [3.8, 4) is 0 Å². The normalized spacial score (nSPS) is 17.4. The number of hydrogen-bond acceptors (Lipinski definition) is 0. The van der Waals surface area contributed by atoms with Crippen LogP contribution in [0.3, 0.4) is 0 Å². The van der Waals surface area contributed by atoms with Gasteiger partial charge in [-0.3, -0.25) is 0 Å². The summed E-state index contributed by atoms with van der Waals surface area (Å²) in [4.78, 5) is 0. The summed E-state index contributed by atoms with van der Waals surface area (Å²) < 4.78 is 43.1. The van der Waals surface area contributed by atoms with Crippen molar-refractivity contribution in [3.63, 3.8) is 0 Å². The first-order chi connectivity index (χ1) is 2.81. The molecule has 0 bridgehead atoms. The van der Waals surface area contributed by atoms with E-state index in [1.54, 1.807) is 0 Å². The average Bonchev–Trinajstić information content (AvgIpc) is 1.32. The second-order valence-corrected chi connectivity index (χ2v) is 8.14. The van der Waals surface area contributed by atoms with E-state index in [-0.39, 0.29) is 0 Å². The summed E-state index contributed by atoms with van der Waals surface area (Å²) in [5.74, 6) is 0. The van der Waals surface area contributed by atoms with E-state index in [2.05, 4.69) is 6.58 Å². The van der Waals surface area contributed by atoms with Gasteiger partial charge in [0.2, 0.25) is 0 Å². The van der Waals surface area contributed by atoms with Crippen LogP contribution in [0.2, 0.25) is 0 Å². The van der Waals surface area contributed by atoms with E-state index in [1.165, 1.54) is 0 Å². The molecule has 5 heteroatoms. The molecule has 0 N–H and O–H groups in total. The van der Waals surface area contributed by atoms with E-state index in [0.29, 0.717) is 0 Å². The molecule has 0 aromatic heterocycles. The standard InChI is InChI=1S/C2H3.4FH.Pu/c1-2;;;;;/h1H,2H2;4*1H;/q;;;;;+4/p-4. The first kappa shape index (κ1) is 7.45. The quantitative estimate of drug-likeness (QED) is 0.639. The molecule has 0 saturated heterocycles. The average molecular weight is 347 g/mol. The van der Waals surface area contributed by atoms with Gasteiger partial charge in [0.25, 0.3) is 0 Å². The molecule has 0 aromatic carbocycles. The van der Waals surface area contributed by atoms with Gasteiger partial charge in [0, 0.05) is 0 Å². The van der Waals surface area contributed by atoms with Crippen LogP contribution >= 0.6 is 0 Å². The van der Waals surface area contributed by atoms with Crippen molar-refractivity contribution in [2.24, 2.45) is 0 Å². The van der Waals surface area contributed by atoms with Crippen LogP contribution in [0.15, 0.2) is 9.96 Å². The maximum absolute atomic E-state index is 10.9. The topological polar surface area (TPSA) is 0 Å². The van der Waals surface area contributed by atoms with Gasteiger partial charge < -0.3 is 0 Å². The van der Waals surface area contributed by atoms with Crippen LogP contribution in [-0.2, 0) is 0 Å². The predicted octanol–water partition coefficient (Wildman–Crippen LogP) is 2.36. The summed E-state index contributed by atoms with van der Waals surface area (Å²) in [6.07, 6.45) is 0. The Hall–Kier alpha value is 0.447. The van der Waals surface area contributed by atoms with Crippen LogP contribution in [-0.4, -0.2) is 0 Å². The van der Waals surface area contributed by atoms with Gasteiger partial charge in [0.15, 0.2) is 0 Å². The Kier molecular flexibility index (Phi) is 1.55. The number of halogens is 4. The molecular weight excluding hydrogens is 344 g/mol. The molecule has 0 aliphatic heterocycles. The van der Waals surface area contributed by atoms with Gasteiger partial charge in [-0.15, -0.1) is 0 Å². The van der Waals surface area contributed by atoms with E-state index in [1.807, 2.05) is 0 Å². The Bertz CT molecular complexity index is 80.4. The third-order valence-corrected chi connectivity index (χ3v) is 2.35. The maximum atomic E-state index is 10.9. The molecule has 0 aliphatic carbocycles. The van der Waals surface area contributed by atoms with Crippen molar-refractivity contribution < 1.29 is 33.0 Å². The molecule has 0 atom stereocenters. The van der Waals surface area contributed by atoms with Crippen molar-refractivity contribution in [3.05, 3.63) is 9.96 Å². The Labute approximate surface area is 43.2 Å². The van der Waals surface area contributed by atoms with E-state index in [9.17, 15) is 9.24 Å². The molecule has 45 valence electrons. The molecule has 0 heterocycles. The van der Waals surface area contributed by atoms with Crippen LogP contribution < -0.4 is 0 Å². The molecule has 0 radical (unpaired) electrons. The molecule has 0 unspecified atom stereocenters. The van der Waals surface area contributed by atoms with Crippen LogP contribution in [0.4, 0.5) is 9.24 Å². The van der Waals surface area contributed by atoms with Crippen molar-refractivity contribution >= 4 is 0 Å². The Morgan fingerprint density at radius 3 is 1.29 bits per heavy atom. The molecule has 0 spiro atoms. The van der Waals surface area contributed by atoms with Crippen molar-refractivity contribution in [2.75, 3.05) is 0 Å². The van der Waals surface area contributed by atoms with Gasteiger partial charge >= 0.3 is 42.9 Å². The van der Waals surface area contributed by atoms with Crippen LogP contribution in [0.1, 0.15) is 0 Å². The zero-order chi connectivity index (χ0) is 6.15. The van der Waals surface area contributed by atoms with E-state index in [4.69, 9.17) is 0 Å². The summed E-state index contributed by atoms with van der Waals surface area (Å²) in [5.41, 5.74) is 0. The Morgan fingerprint density at radius 2 is 1.29 bits per heavy atom. The molecule has 7 heavy (non-hydrogen) atoms. The summed E-state index contributed by atoms with van der Waals surface area (Å²) in [6, 6.07) is 0. The van der Waals surface area contributed by atoms with Gasteiger partial charge in [0.05, 0.1) is 0 Å². The molecule has 0 nitrogen and oxygen atoms in total. The number of hydrogen-bond donors (Lipinski definition) is 0. The van der Waals surface area contributed by atoms with Crippen molar-refractivity contribution in [1.82, 2.24) is 0 Å². The first-order valence-electron chi connectivity index (χ1n) is 1.26. The first-order valence-corrected chi connectivity index (χ1v) is 8.36. The van der Waals surface area contributed by atoms with E-state index < -0.39 is 27.1 Å². The molecule has 0 saturated carbocycles. The summed E-state index contributed by atoms with van der Waals surface area (Å²) in [6.45, 7) is 2.30. The van der Waals surface area contributed by atoms with Gasteiger partial charge in [-0.25, -0.2) is 0 Å². The summed E-state index contributed by atoms with van der Waals surface area (Å²) in [7, 11) is 0. The van der Waals surface area contributed by atoms with Gasteiger partial charge in [-0.2, -0.15) is 0 Å². The van der Waals surface area contributed by atoms with E-state index >= 15 is 0 Å². The van der Waals surface area contributed by atoms with E-state index in [0.717, 1.165) is 0 Å². The van der Waals surface area contributed by atoms with Crippen LogP contribution in [0.5, 0.6) is 0 Å². The minimum absolute atomic E-state index is 0.491. The molecule has 0 amide bonds. The SMILES string of the molecule is C=[CH][Pu]([F])([F])([F])[F]. The van der Waals surface area contributed by atoms with Crippen LogP contribution in [0.25, 0.3) is 0 Å².